The summed E-state index contributed by atoms with van der Waals surface area (Å²) in [5.41, 5.74) is 1.47. The van der Waals surface area contributed by atoms with Gasteiger partial charge in [0.2, 0.25) is 0 Å². The van der Waals surface area contributed by atoms with Gasteiger partial charge in [-0.2, -0.15) is 0 Å². The van der Waals surface area contributed by atoms with Crippen molar-refractivity contribution in [3.63, 3.8) is 0 Å². The zero-order chi connectivity index (χ0) is 15.9. The molecule has 0 bridgehead atoms. The third kappa shape index (κ3) is 4.44. The SMILES string of the molecule is CC(C1CCCCN1CCCCc1ccccc1)n1ccnc1. The number of aryl methyl sites for hydroxylation is 1. The minimum Gasteiger partial charge on any atom is -0.333 e. The predicted octanol–water partition coefficient (Wildman–Crippen LogP) is 4.32. The lowest BCUT2D eigenvalue weighted by molar-refractivity contribution is 0.107. The Labute approximate surface area is 140 Å². The molecule has 124 valence electrons. The fourth-order valence-corrected chi connectivity index (χ4v) is 3.84. The van der Waals surface area contributed by atoms with Gasteiger partial charge in [-0.1, -0.05) is 36.8 Å². The number of aromatic nitrogens is 2. The average molecular weight is 311 g/mol. The van der Waals surface area contributed by atoms with Gasteiger partial charge in [-0.15, -0.1) is 0 Å². The number of likely N-dealkylation sites (tertiary alicyclic amines) is 1. The Morgan fingerprint density at radius 3 is 2.83 bits per heavy atom. The van der Waals surface area contributed by atoms with E-state index >= 15 is 0 Å². The van der Waals surface area contributed by atoms with Crippen LogP contribution in [0.2, 0.25) is 0 Å². The van der Waals surface area contributed by atoms with Crippen molar-refractivity contribution in [3.8, 4) is 0 Å². The molecule has 1 saturated heterocycles. The van der Waals surface area contributed by atoms with E-state index in [2.05, 4.69) is 57.9 Å². The van der Waals surface area contributed by atoms with Crippen LogP contribution in [0.3, 0.4) is 0 Å². The normalized spacial score (nSPS) is 20.5. The maximum Gasteiger partial charge on any atom is 0.0948 e. The molecule has 0 saturated carbocycles. The van der Waals surface area contributed by atoms with Gasteiger partial charge in [0.25, 0.3) is 0 Å². The van der Waals surface area contributed by atoms with Gasteiger partial charge in [0, 0.05) is 24.5 Å². The van der Waals surface area contributed by atoms with E-state index in [0.717, 1.165) is 0 Å². The molecule has 3 heteroatoms. The van der Waals surface area contributed by atoms with Crippen LogP contribution in [0.15, 0.2) is 49.1 Å². The largest absolute Gasteiger partial charge is 0.333 e. The van der Waals surface area contributed by atoms with E-state index in [4.69, 9.17) is 0 Å². The highest BCUT2D eigenvalue weighted by molar-refractivity contribution is 5.14. The molecule has 3 nitrogen and oxygen atoms in total. The van der Waals surface area contributed by atoms with Gasteiger partial charge >= 0.3 is 0 Å². The molecule has 1 fully saturated rings. The number of hydrogen-bond acceptors (Lipinski definition) is 2. The summed E-state index contributed by atoms with van der Waals surface area (Å²) in [4.78, 5) is 6.94. The van der Waals surface area contributed by atoms with Gasteiger partial charge in [-0.05, 0) is 57.7 Å². The fourth-order valence-electron chi connectivity index (χ4n) is 3.84. The van der Waals surface area contributed by atoms with E-state index < -0.39 is 0 Å². The summed E-state index contributed by atoms with van der Waals surface area (Å²) >= 11 is 0. The van der Waals surface area contributed by atoms with Crippen molar-refractivity contribution in [2.75, 3.05) is 13.1 Å². The summed E-state index contributed by atoms with van der Waals surface area (Å²) < 4.78 is 2.27. The Balaban J connectivity index is 1.49. The molecule has 0 spiro atoms. The van der Waals surface area contributed by atoms with Crippen LogP contribution in [0.4, 0.5) is 0 Å². The molecule has 3 rings (SSSR count). The maximum atomic E-state index is 4.22. The summed E-state index contributed by atoms with van der Waals surface area (Å²) in [6.07, 6.45) is 13.8. The van der Waals surface area contributed by atoms with Gasteiger partial charge in [0.1, 0.15) is 0 Å². The summed E-state index contributed by atoms with van der Waals surface area (Å²) in [6.45, 7) is 4.83. The first kappa shape index (κ1) is 16.3. The summed E-state index contributed by atoms with van der Waals surface area (Å²) in [6, 6.07) is 12.0. The van der Waals surface area contributed by atoms with E-state index in [1.165, 1.54) is 57.2 Å². The van der Waals surface area contributed by atoms with Crippen molar-refractivity contribution >= 4 is 0 Å². The fraction of sp³-hybridized carbons (Fsp3) is 0.550. The minimum absolute atomic E-state index is 0.520. The number of nitrogens with zero attached hydrogens (tertiary/aromatic N) is 3. The molecular formula is C20H29N3. The molecule has 0 aliphatic carbocycles. The lowest BCUT2D eigenvalue weighted by Gasteiger charge is -2.39. The maximum absolute atomic E-state index is 4.22. The Bertz CT molecular complexity index is 550. The summed E-state index contributed by atoms with van der Waals surface area (Å²) in [5, 5.41) is 0. The molecule has 0 amide bonds. The van der Waals surface area contributed by atoms with Crippen molar-refractivity contribution in [2.24, 2.45) is 0 Å². The van der Waals surface area contributed by atoms with Crippen LogP contribution < -0.4 is 0 Å². The van der Waals surface area contributed by atoms with Crippen LogP contribution in [0, 0.1) is 0 Å². The first-order valence-electron chi connectivity index (χ1n) is 9.10. The van der Waals surface area contributed by atoms with Crippen molar-refractivity contribution in [1.29, 1.82) is 0 Å². The van der Waals surface area contributed by atoms with Crippen LogP contribution in [0.1, 0.15) is 50.6 Å². The third-order valence-corrected chi connectivity index (χ3v) is 5.22. The highest BCUT2D eigenvalue weighted by Gasteiger charge is 2.27. The molecule has 0 N–H and O–H groups in total. The van der Waals surface area contributed by atoms with Crippen LogP contribution in [0.5, 0.6) is 0 Å². The lowest BCUT2D eigenvalue weighted by atomic mass is 9.95. The zero-order valence-corrected chi connectivity index (χ0v) is 14.3. The Morgan fingerprint density at radius 2 is 2.04 bits per heavy atom. The van der Waals surface area contributed by atoms with E-state index in [-0.39, 0.29) is 0 Å². The number of benzene rings is 1. The third-order valence-electron chi connectivity index (χ3n) is 5.22. The number of unbranched alkanes of at least 4 members (excludes halogenated alkanes) is 1. The second-order valence-electron chi connectivity index (χ2n) is 6.79. The average Bonchev–Trinajstić information content (AvgIpc) is 3.14. The quantitative estimate of drug-likeness (QED) is 0.710. The first-order valence-corrected chi connectivity index (χ1v) is 9.10. The Hall–Kier alpha value is -1.61. The number of rotatable bonds is 7. The van der Waals surface area contributed by atoms with Gasteiger partial charge in [-0.25, -0.2) is 4.98 Å². The van der Waals surface area contributed by atoms with Gasteiger partial charge in [0.15, 0.2) is 0 Å². The van der Waals surface area contributed by atoms with Crippen molar-refractivity contribution < 1.29 is 0 Å². The molecule has 0 radical (unpaired) electrons. The minimum atomic E-state index is 0.520. The molecule has 2 heterocycles. The van der Waals surface area contributed by atoms with Crippen molar-refractivity contribution in [3.05, 3.63) is 54.6 Å². The highest BCUT2D eigenvalue weighted by atomic mass is 15.2. The number of piperidine rings is 1. The predicted molar refractivity (Wildman–Crippen MR) is 95.5 cm³/mol. The second kappa shape index (κ2) is 8.30. The van der Waals surface area contributed by atoms with E-state index in [9.17, 15) is 0 Å². The molecule has 23 heavy (non-hydrogen) atoms. The van der Waals surface area contributed by atoms with Crippen molar-refractivity contribution in [1.82, 2.24) is 14.5 Å². The van der Waals surface area contributed by atoms with Crippen molar-refractivity contribution in [2.45, 2.75) is 57.5 Å². The van der Waals surface area contributed by atoms with Crippen LogP contribution in [-0.4, -0.2) is 33.6 Å². The molecule has 2 unspecified atom stereocenters. The summed E-state index contributed by atoms with van der Waals surface area (Å²) in [5.74, 6) is 0. The topological polar surface area (TPSA) is 21.1 Å². The zero-order valence-electron chi connectivity index (χ0n) is 14.3. The van der Waals surface area contributed by atoms with E-state index in [0.29, 0.717) is 12.1 Å². The number of imidazole rings is 1. The molecule has 1 aromatic heterocycles. The smallest absolute Gasteiger partial charge is 0.0948 e. The molecule has 2 atom stereocenters. The van der Waals surface area contributed by atoms with E-state index in [1.54, 1.807) is 0 Å². The van der Waals surface area contributed by atoms with Crippen LogP contribution in [-0.2, 0) is 6.42 Å². The molecule has 1 aliphatic heterocycles. The first-order chi connectivity index (χ1) is 11.3. The number of hydrogen-bond donors (Lipinski definition) is 0. The second-order valence-corrected chi connectivity index (χ2v) is 6.79. The highest BCUT2D eigenvalue weighted by Crippen LogP contribution is 2.26. The lowest BCUT2D eigenvalue weighted by Crippen LogP contribution is -2.44. The Kier molecular flexibility index (Phi) is 5.87. The molecular weight excluding hydrogens is 282 g/mol. The monoisotopic (exact) mass is 311 g/mol. The van der Waals surface area contributed by atoms with Gasteiger partial charge < -0.3 is 4.57 Å². The van der Waals surface area contributed by atoms with Crippen LogP contribution >= 0.6 is 0 Å². The van der Waals surface area contributed by atoms with Gasteiger partial charge in [-0.3, -0.25) is 4.90 Å². The molecule has 1 aromatic carbocycles. The standard InChI is InChI=1S/C20H29N3/c1-18(23-16-13-21-17-23)20-12-6-8-15-22(20)14-7-5-11-19-9-3-2-4-10-19/h2-4,9-10,13,16-18,20H,5-8,11-12,14-15H2,1H3. The van der Waals surface area contributed by atoms with Crippen LogP contribution in [0.25, 0.3) is 0 Å². The molecule has 2 aromatic rings. The molecule has 1 aliphatic rings. The van der Waals surface area contributed by atoms with Gasteiger partial charge in [0.05, 0.1) is 6.33 Å². The summed E-state index contributed by atoms with van der Waals surface area (Å²) in [7, 11) is 0. The van der Waals surface area contributed by atoms with E-state index in [1.807, 2.05) is 12.5 Å². The Morgan fingerprint density at radius 1 is 1.17 bits per heavy atom.